The fourth-order valence-electron chi connectivity index (χ4n) is 2.37. The summed E-state index contributed by atoms with van der Waals surface area (Å²) in [4.78, 5) is 26.5. The molecule has 1 fully saturated rings. The van der Waals surface area contributed by atoms with E-state index >= 15 is 0 Å². The number of aryl methyl sites for hydroxylation is 2. The molecule has 1 aromatic carbocycles. The zero-order valence-corrected chi connectivity index (χ0v) is 12.4. The van der Waals surface area contributed by atoms with Crippen molar-refractivity contribution in [3.05, 3.63) is 29.3 Å². The minimum Gasteiger partial charge on any atom is -0.480 e. The molecule has 1 aromatic rings. The van der Waals surface area contributed by atoms with Crippen LogP contribution in [0.1, 0.15) is 11.1 Å². The zero-order chi connectivity index (χ0) is 15.4. The number of aliphatic carboxylic acids is 1. The van der Waals surface area contributed by atoms with Gasteiger partial charge in [-0.05, 0) is 31.0 Å². The van der Waals surface area contributed by atoms with E-state index in [1.54, 1.807) is 4.90 Å². The maximum absolute atomic E-state index is 12.2. The molecule has 0 atom stereocenters. The van der Waals surface area contributed by atoms with Crippen LogP contribution >= 0.6 is 0 Å². The highest BCUT2D eigenvalue weighted by atomic mass is 16.4. The first-order valence-electron chi connectivity index (χ1n) is 7.03. The molecule has 0 aromatic heterocycles. The van der Waals surface area contributed by atoms with Crippen LogP contribution in [-0.4, -0.2) is 59.6 Å². The fraction of sp³-hybridized carbons (Fsp3) is 0.467. The lowest BCUT2D eigenvalue weighted by atomic mass is 10.1. The molecule has 1 aliphatic heterocycles. The van der Waals surface area contributed by atoms with Gasteiger partial charge in [-0.2, -0.15) is 0 Å². The first kappa shape index (κ1) is 15.3. The third-order valence-electron chi connectivity index (χ3n) is 3.65. The van der Waals surface area contributed by atoms with Gasteiger partial charge in [-0.3, -0.25) is 9.69 Å². The van der Waals surface area contributed by atoms with Crippen molar-refractivity contribution in [3.8, 4) is 0 Å². The molecule has 21 heavy (non-hydrogen) atoms. The third-order valence-corrected chi connectivity index (χ3v) is 3.65. The molecule has 1 aliphatic rings. The van der Waals surface area contributed by atoms with Crippen LogP contribution < -0.4 is 5.32 Å². The standard InChI is InChI=1S/C15H21N3O3/c1-11-3-4-12(2)13(9-11)16-15(21)18-7-5-17(6-8-18)10-14(19)20/h3-4,9H,5-8,10H2,1-2H3,(H,16,21)(H,19,20). The number of carboxylic acid groups (broad SMARTS) is 1. The van der Waals surface area contributed by atoms with Crippen LogP contribution in [0.5, 0.6) is 0 Å². The highest BCUT2D eigenvalue weighted by Crippen LogP contribution is 2.17. The van der Waals surface area contributed by atoms with Gasteiger partial charge in [-0.1, -0.05) is 12.1 Å². The summed E-state index contributed by atoms with van der Waals surface area (Å²) in [6.45, 7) is 6.25. The lowest BCUT2D eigenvalue weighted by Gasteiger charge is -2.33. The molecule has 2 amide bonds. The van der Waals surface area contributed by atoms with Crippen LogP contribution in [0.4, 0.5) is 10.5 Å². The molecule has 6 nitrogen and oxygen atoms in total. The molecule has 1 heterocycles. The Kier molecular flexibility index (Phi) is 4.80. The molecular formula is C15H21N3O3. The Morgan fingerprint density at radius 1 is 1.19 bits per heavy atom. The van der Waals surface area contributed by atoms with E-state index in [9.17, 15) is 9.59 Å². The monoisotopic (exact) mass is 291 g/mol. The second-order valence-corrected chi connectivity index (χ2v) is 5.41. The number of hydrogen-bond donors (Lipinski definition) is 2. The van der Waals surface area contributed by atoms with E-state index in [0.717, 1.165) is 16.8 Å². The average Bonchev–Trinajstić information content (AvgIpc) is 2.43. The van der Waals surface area contributed by atoms with Gasteiger partial charge in [0.1, 0.15) is 0 Å². The summed E-state index contributed by atoms with van der Waals surface area (Å²) in [5.41, 5.74) is 2.95. The van der Waals surface area contributed by atoms with Crippen molar-refractivity contribution >= 4 is 17.7 Å². The molecule has 0 spiro atoms. The smallest absolute Gasteiger partial charge is 0.321 e. The van der Waals surface area contributed by atoms with Crippen molar-refractivity contribution in [3.63, 3.8) is 0 Å². The predicted octanol–water partition coefficient (Wildman–Crippen LogP) is 1.54. The number of carboxylic acids is 1. The summed E-state index contributed by atoms with van der Waals surface area (Å²) in [7, 11) is 0. The molecule has 1 saturated heterocycles. The lowest BCUT2D eigenvalue weighted by molar-refractivity contribution is -0.138. The van der Waals surface area contributed by atoms with Crippen molar-refractivity contribution < 1.29 is 14.7 Å². The van der Waals surface area contributed by atoms with E-state index in [0.29, 0.717) is 26.2 Å². The van der Waals surface area contributed by atoms with Crippen LogP contribution in [0.25, 0.3) is 0 Å². The second-order valence-electron chi connectivity index (χ2n) is 5.41. The normalized spacial score (nSPS) is 15.8. The van der Waals surface area contributed by atoms with Crippen molar-refractivity contribution in [2.24, 2.45) is 0 Å². The number of nitrogens with one attached hydrogen (secondary N) is 1. The fourth-order valence-corrected chi connectivity index (χ4v) is 2.37. The number of urea groups is 1. The van der Waals surface area contributed by atoms with Crippen molar-refractivity contribution in [1.82, 2.24) is 9.80 Å². The highest BCUT2D eigenvalue weighted by Gasteiger charge is 2.22. The van der Waals surface area contributed by atoms with Crippen molar-refractivity contribution in [2.45, 2.75) is 13.8 Å². The summed E-state index contributed by atoms with van der Waals surface area (Å²) >= 11 is 0. The maximum Gasteiger partial charge on any atom is 0.321 e. The Hall–Kier alpha value is -2.08. The van der Waals surface area contributed by atoms with Gasteiger partial charge in [-0.15, -0.1) is 0 Å². The van der Waals surface area contributed by atoms with Crippen LogP contribution in [0.2, 0.25) is 0 Å². The molecule has 6 heteroatoms. The van der Waals surface area contributed by atoms with E-state index in [4.69, 9.17) is 5.11 Å². The summed E-state index contributed by atoms with van der Waals surface area (Å²) in [5, 5.41) is 11.7. The third kappa shape index (κ3) is 4.19. The molecule has 0 bridgehead atoms. The lowest BCUT2D eigenvalue weighted by Crippen LogP contribution is -2.51. The number of anilines is 1. The van der Waals surface area contributed by atoms with Gasteiger partial charge in [0.15, 0.2) is 0 Å². The Morgan fingerprint density at radius 3 is 2.48 bits per heavy atom. The molecule has 2 N–H and O–H groups in total. The summed E-state index contributed by atoms with van der Waals surface area (Å²) in [6, 6.07) is 5.82. The van der Waals surface area contributed by atoms with E-state index in [-0.39, 0.29) is 12.6 Å². The average molecular weight is 291 g/mol. The van der Waals surface area contributed by atoms with E-state index < -0.39 is 5.97 Å². The number of carbonyl (C=O) groups is 2. The first-order valence-corrected chi connectivity index (χ1v) is 7.03. The molecule has 2 rings (SSSR count). The van der Waals surface area contributed by atoms with Crippen LogP contribution in [0.3, 0.4) is 0 Å². The Morgan fingerprint density at radius 2 is 1.86 bits per heavy atom. The van der Waals surface area contributed by atoms with Gasteiger partial charge in [0.05, 0.1) is 6.54 Å². The molecule has 0 saturated carbocycles. The van der Waals surface area contributed by atoms with Gasteiger partial charge in [0.25, 0.3) is 0 Å². The minimum atomic E-state index is -0.830. The van der Waals surface area contributed by atoms with Crippen LogP contribution in [0, 0.1) is 13.8 Å². The predicted molar refractivity (Wildman–Crippen MR) is 80.6 cm³/mol. The van der Waals surface area contributed by atoms with Crippen LogP contribution in [0.15, 0.2) is 18.2 Å². The molecule has 0 radical (unpaired) electrons. The van der Waals surface area contributed by atoms with Crippen LogP contribution in [-0.2, 0) is 4.79 Å². The highest BCUT2D eigenvalue weighted by molar-refractivity contribution is 5.90. The molecule has 114 valence electrons. The van der Waals surface area contributed by atoms with Gasteiger partial charge < -0.3 is 15.3 Å². The van der Waals surface area contributed by atoms with Crippen molar-refractivity contribution in [2.75, 3.05) is 38.0 Å². The Bertz CT molecular complexity index is 537. The zero-order valence-electron chi connectivity index (χ0n) is 12.4. The first-order chi connectivity index (χ1) is 9.95. The van der Waals surface area contributed by atoms with Gasteiger partial charge in [-0.25, -0.2) is 4.79 Å². The summed E-state index contributed by atoms with van der Waals surface area (Å²) < 4.78 is 0. The molecular weight excluding hydrogens is 270 g/mol. The van der Waals surface area contributed by atoms with E-state index in [1.165, 1.54) is 0 Å². The number of rotatable bonds is 3. The van der Waals surface area contributed by atoms with Crippen molar-refractivity contribution in [1.29, 1.82) is 0 Å². The minimum absolute atomic E-state index is 0.0342. The summed E-state index contributed by atoms with van der Waals surface area (Å²) in [5.74, 6) is -0.830. The van der Waals surface area contributed by atoms with E-state index in [2.05, 4.69) is 5.32 Å². The van der Waals surface area contributed by atoms with Gasteiger partial charge >= 0.3 is 12.0 Å². The number of carbonyl (C=O) groups excluding carboxylic acids is 1. The SMILES string of the molecule is Cc1ccc(C)c(NC(=O)N2CCN(CC(=O)O)CC2)c1. The Labute approximate surface area is 124 Å². The number of piperazine rings is 1. The number of benzene rings is 1. The van der Waals surface area contributed by atoms with Gasteiger partial charge in [0.2, 0.25) is 0 Å². The number of amides is 2. The molecule has 0 aliphatic carbocycles. The second kappa shape index (κ2) is 6.58. The van der Waals surface area contributed by atoms with E-state index in [1.807, 2.05) is 36.9 Å². The van der Waals surface area contributed by atoms with Gasteiger partial charge in [0, 0.05) is 31.9 Å². The largest absolute Gasteiger partial charge is 0.480 e. The number of hydrogen-bond acceptors (Lipinski definition) is 3. The summed E-state index contributed by atoms with van der Waals surface area (Å²) in [6.07, 6.45) is 0. The quantitative estimate of drug-likeness (QED) is 0.886. The number of nitrogens with zero attached hydrogens (tertiary/aromatic N) is 2. The Balaban J connectivity index is 1.90. The topological polar surface area (TPSA) is 72.9 Å². The maximum atomic E-state index is 12.2. The molecule has 0 unspecified atom stereocenters.